The minimum Gasteiger partial charge on any atom is -0.756 e. The monoisotopic (exact) mass is 778 g/mol. The molecule has 0 saturated heterocycles. The molecule has 0 saturated carbocycles. The van der Waals surface area contributed by atoms with E-state index in [-0.39, 0.29) is 19.6 Å². The van der Waals surface area contributed by atoms with Crippen LogP contribution in [0.15, 0.2) is 72.9 Å². The van der Waals surface area contributed by atoms with E-state index in [1.165, 1.54) is 70.3 Å². The Morgan fingerprint density at radius 1 is 0.648 bits per heavy atom. The van der Waals surface area contributed by atoms with Crippen LogP contribution in [-0.4, -0.2) is 70.0 Å². The van der Waals surface area contributed by atoms with Crippen LogP contribution < -0.4 is 4.89 Å². The predicted molar refractivity (Wildman–Crippen MR) is 222 cm³/mol. The number of carbonyl (C=O) groups excluding carboxylic acids is 2. The first-order valence-corrected chi connectivity index (χ1v) is 22.1. The molecule has 0 aliphatic carbocycles. The summed E-state index contributed by atoms with van der Waals surface area (Å²) in [4.78, 5) is 37.3. The standard InChI is InChI=1S/C44H76NO8P/c1-6-8-10-12-14-16-18-20-22-24-26-28-30-32-34-36-43(46)50-40-42(41-52-54(48,49)51-39-38-45(3,4)5)53-44(47)37-35-33-31-29-27-25-23-21-19-17-15-13-11-9-7-2/h9,11,15,17,21,23,27,29-30,32,34,36,42H,6-8,10,12-14,16,18-20,22,24-26,28,31,33,35,37-41H2,1-5H3/b11-9+,17-15+,23-21+,29-27+,32-30+,36-34+/t42-/m1/s1. The van der Waals surface area contributed by atoms with Crippen LogP contribution in [0.1, 0.15) is 142 Å². The second kappa shape index (κ2) is 36.1. The fourth-order valence-electron chi connectivity index (χ4n) is 5.09. The van der Waals surface area contributed by atoms with E-state index in [0.717, 1.165) is 51.4 Å². The number of phosphoric acid groups is 1. The second-order valence-corrected chi connectivity index (χ2v) is 16.1. The lowest BCUT2D eigenvalue weighted by Gasteiger charge is -2.28. The van der Waals surface area contributed by atoms with Gasteiger partial charge in [-0.2, -0.15) is 0 Å². The summed E-state index contributed by atoms with van der Waals surface area (Å²) in [6.07, 6.45) is 44.3. The van der Waals surface area contributed by atoms with Gasteiger partial charge in [0.1, 0.15) is 19.8 Å². The van der Waals surface area contributed by atoms with E-state index >= 15 is 0 Å². The van der Waals surface area contributed by atoms with Crippen LogP contribution in [0.3, 0.4) is 0 Å². The van der Waals surface area contributed by atoms with Crippen LogP contribution in [-0.2, 0) is 32.7 Å². The van der Waals surface area contributed by atoms with Gasteiger partial charge in [-0.1, -0.05) is 145 Å². The van der Waals surface area contributed by atoms with E-state index in [1.807, 2.05) is 33.3 Å². The molecule has 0 aromatic carbocycles. The number of ether oxygens (including phenoxy) is 2. The van der Waals surface area contributed by atoms with Gasteiger partial charge in [0.15, 0.2) is 6.10 Å². The molecule has 0 bridgehead atoms. The number of phosphoric ester groups is 1. The van der Waals surface area contributed by atoms with Crippen LogP contribution in [0.5, 0.6) is 0 Å². The zero-order valence-electron chi connectivity index (χ0n) is 34.6. The number of carbonyl (C=O) groups is 2. The highest BCUT2D eigenvalue weighted by Crippen LogP contribution is 2.38. The van der Waals surface area contributed by atoms with Crippen molar-refractivity contribution in [2.24, 2.45) is 0 Å². The number of quaternary nitrogens is 1. The molecule has 54 heavy (non-hydrogen) atoms. The molecule has 0 rings (SSSR count). The van der Waals surface area contributed by atoms with Crippen molar-refractivity contribution in [2.45, 2.75) is 148 Å². The summed E-state index contributed by atoms with van der Waals surface area (Å²) in [6, 6.07) is 0. The minimum absolute atomic E-state index is 0.0550. The number of nitrogens with zero attached hydrogens (tertiary/aromatic N) is 1. The molecule has 0 N–H and O–H groups in total. The third kappa shape index (κ3) is 39.2. The van der Waals surface area contributed by atoms with E-state index in [2.05, 4.69) is 62.5 Å². The summed E-state index contributed by atoms with van der Waals surface area (Å²) in [7, 11) is 1.08. The van der Waals surface area contributed by atoms with E-state index in [0.29, 0.717) is 17.4 Å². The quantitative estimate of drug-likeness (QED) is 0.0118. The van der Waals surface area contributed by atoms with Crippen LogP contribution in [0, 0.1) is 0 Å². The van der Waals surface area contributed by atoms with E-state index in [9.17, 15) is 19.0 Å². The van der Waals surface area contributed by atoms with Crippen molar-refractivity contribution in [1.29, 1.82) is 0 Å². The first kappa shape index (κ1) is 51.5. The van der Waals surface area contributed by atoms with Crippen molar-refractivity contribution in [3.8, 4) is 0 Å². The topological polar surface area (TPSA) is 111 Å². The first-order chi connectivity index (χ1) is 26.0. The summed E-state index contributed by atoms with van der Waals surface area (Å²) in [5.74, 6) is -1.14. The van der Waals surface area contributed by atoms with Gasteiger partial charge in [-0.15, -0.1) is 0 Å². The van der Waals surface area contributed by atoms with Gasteiger partial charge in [-0.25, -0.2) is 4.79 Å². The lowest BCUT2D eigenvalue weighted by molar-refractivity contribution is -0.870. The molecule has 0 heterocycles. The van der Waals surface area contributed by atoms with Crippen molar-refractivity contribution in [1.82, 2.24) is 0 Å². The second-order valence-electron chi connectivity index (χ2n) is 14.7. The van der Waals surface area contributed by atoms with Gasteiger partial charge in [0.25, 0.3) is 7.82 Å². The Morgan fingerprint density at radius 3 is 1.78 bits per heavy atom. The molecule has 0 radical (unpaired) electrons. The van der Waals surface area contributed by atoms with Crippen molar-refractivity contribution in [3.63, 3.8) is 0 Å². The molecule has 0 aromatic heterocycles. The summed E-state index contributed by atoms with van der Waals surface area (Å²) in [5.41, 5.74) is 0. The molecule has 310 valence electrons. The van der Waals surface area contributed by atoms with Crippen LogP contribution in [0.2, 0.25) is 0 Å². The summed E-state index contributed by atoms with van der Waals surface area (Å²) in [6.45, 7) is 3.90. The zero-order chi connectivity index (χ0) is 40.0. The predicted octanol–water partition coefficient (Wildman–Crippen LogP) is 10.8. The molecule has 1 unspecified atom stereocenters. The maximum atomic E-state index is 12.6. The smallest absolute Gasteiger partial charge is 0.330 e. The molecule has 9 nitrogen and oxygen atoms in total. The van der Waals surface area contributed by atoms with Gasteiger partial charge in [0.05, 0.1) is 27.7 Å². The van der Waals surface area contributed by atoms with Gasteiger partial charge < -0.3 is 27.9 Å². The highest BCUT2D eigenvalue weighted by Gasteiger charge is 2.21. The lowest BCUT2D eigenvalue weighted by atomic mass is 10.1. The van der Waals surface area contributed by atoms with Crippen LogP contribution in [0.4, 0.5) is 0 Å². The van der Waals surface area contributed by atoms with Gasteiger partial charge in [-0.05, 0) is 57.8 Å². The highest BCUT2D eigenvalue weighted by molar-refractivity contribution is 7.45. The Kier molecular flexibility index (Phi) is 34.4. The van der Waals surface area contributed by atoms with Crippen LogP contribution >= 0.6 is 7.82 Å². The third-order valence-electron chi connectivity index (χ3n) is 8.31. The van der Waals surface area contributed by atoms with E-state index < -0.39 is 32.5 Å². The normalized spacial score (nSPS) is 14.4. The Bertz CT molecular complexity index is 1150. The number of rotatable bonds is 36. The zero-order valence-corrected chi connectivity index (χ0v) is 35.5. The third-order valence-corrected chi connectivity index (χ3v) is 9.28. The molecular weight excluding hydrogens is 701 g/mol. The van der Waals surface area contributed by atoms with Gasteiger partial charge in [-0.3, -0.25) is 9.36 Å². The number of unbranched alkanes of at least 4 members (excludes halogenated alkanes) is 13. The van der Waals surface area contributed by atoms with Gasteiger partial charge in [0.2, 0.25) is 0 Å². The fourth-order valence-corrected chi connectivity index (χ4v) is 5.82. The molecule has 0 amide bonds. The van der Waals surface area contributed by atoms with Crippen molar-refractivity contribution < 1.29 is 42.1 Å². The average Bonchev–Trinajstić information content (AvgIpc) is 3.12. The molecule has 0 aliphatic rings. The number of hydrogen-bond acceptors (Lipinski definition) is 8. The molecule has 10 heteroatoms. The number of likely N-dealkylation sites (N-methyl/N-ethyl adjacent to an activating group) is 1. The minimum atomic E-state index is -4.66. The Hall–Kier alpha value is -2.55. The number of esters is 2. The number of allylic oxidation sites excluding steroid dienone is 11. The molecule has 2 atom stereocenters. The SMILES string of the molecule is CC/C=C/C/C=C/C/C=C/C/C=C/CCCCC(=O)O[C@H](COC(=O)/C=C/C=C/CCCCCCCCCCCCC)COP(=O)([O-])OCC[N+](C)(C)C. The highest BCUT2D eigenvalue weighted by atomic mass is 31.2. The van der Waals surface area contributed by atoms with Gasteiger partial charge in [0, 0.05) is 12.5 Å². The molecule has 0 fully saturated rings. The lowest BCUT2D eigenvalue weighted by Crippen LogP contribution is -2.37. The van der Waals surface area contributed by atoms with Crippen molar-refractivity contribution >= 4 is 19.8 Å². The largest absolute Gasteiger partial charge is 0.756 e. The van der Waals surface area contributed by atoms with Crippen molar-refractivity contribution in [3.05, 3.63) is 72.9 Å². The number of hydrogen-bond donors (Lipinski definition) is 0. The van der Waals surface area contributed by atoms with Crippen LogP contribution in [0.25, 0.3) is 0 Å². The molecule has 0 spiro atoms. The summed E-state index contributed by atoms with van der Waals surface area (Å²) < 4.78 is 33.6. The van der Waals surface area contributed by atoms with Gasteiger partial charge >= 0.3 is 11.9 Å². The fraction of sp³-hybridized carbons (Fsp3) is 0.682. The molecular formula is C44H76NO8P. The Morgan fingerprint density at radius 2 is 1.19 bits per heavy atom. The molecule has 0 aromatic rings. The Balaban J connectivity index is 4.59. The molecule has 0 aliphatic heterocycles. The van der Waals surface area contributed by atoms with E-state index in [1.54, 1.807) is 6.08 Å². The Labute approximate surface area is 329 Å². The van der Waals surface area contributed by atoms with E-state index in [4.69, 9.17) is 18.5 Å². The maximum Gasteiger partial charge on any atom is 0.330 e. The summed E-state index contributed by atoms with van der Waals surface area (Å²) >= 11 is 0. The maximum absolute atomic E-state index is 12.6. The summed E-state index contributed by atoms with van der Waals surface area (Å²) in [5, 5.41) is 0. The first-order valence-electron chi connectivity index (χ1n) is 20.7. The van der Waals surface area contributed by atoms with Crippen molar-refractivity contribution in [2.75, 3.05) is 47.5 Å². The average molecular weight is 778 g/mol.